The lowest BCUT2D eigenvalue weighted by Crippen LogP contribution is -2.33. The van der Waals surface area contributed by atoms with Gasteiger partial charge >= 0.3 is 0 Å². The van der Waals surface area contributed by atoms with Crippen LogP contribution in [0, 0.1) is 17.7 Å². The maximum Gasteiger partial charge on any atom is 0.251 e. The van der Waals surface area contributed by atoms with Crippen LogP contribution in [0.5, 0.6) is 0 Å². The molecule has 0 bridgehead atoms. The van der Waals surface area contributed by atoms with Gasteiger partial charge in [-0.15, -0.1) is 0 Å². The summed E-state index contributed by atoms with van der Waals surface area (Å²) in [7, 11) is 0. The van der Waals surface area contributed by atoms with E-state index < -0.39 is 11.4 Å². The highest BCUT2D eigenvalue weighted by Crippen LogP contribution is 2.60. The summed E-state index contributed by atoms with van der Waals surface area (Å²) in [5.74, 6) is -0.574. The van der Waals surface area contributed by atoms with Crippen molar-refractivity contribution in [1.82, 2.24) is 15.5 Å². The molecule has 28 heavy (non-hydrogen) atoms. The fourth-order valence-electron chi connectivity index (χ4n) is 4.62. The molecular weight excluding hydrogens is 404 g/mol. The molecule has 2 aliphatic rings. The van der Waals surface area contributed by atoms with E-state index in [0.29, 0.717) is 17.9 Å². The molecule has 0 radical (unpaired) electrons. The summed E-state index contributed by atoms with van der Waals surface area (Å²) in [5.41, 5.74) is 0.730. The molecule has 1 heterocycles. The maximum absolute atomic E-state index is 13.5. The summed E-state index contributed by atoms with van der Waals surface area (Å²) >= 11 is 12.0. The molecule has 2 fully saturated rings. The summed E-state index contributed by atoms with van der Waals surface area (Å²) in [6.45, 7) is 0. The molecule has 5 nitrogen and oxygen atoms in total. The smallest absolute Gasteiger partial charge is 0.251 e. The topological polar surface area (TPSA) is 78.0 Å². The van der Waals surface area contributed by atoms with Crippen molar-refractivity contribution in [3.8, 4) is 0 Å². The van der Waals surface area contributed by atoms with Crippen molar-refractivity contribution in [3.05, 3.63) is 63.5 Å². The minimum atomic E-state index is -1.01. The summed E-state index contributed by atoms with van der Waals surface area (Å²) in [6.07, 6.45) is 2.73. The Hall–Kier alpha value is -2.15. The Morgan fingerprint density at radius 2 is 1.89 bits per heavy atom. The van der Waals surface area contributed by atoms with Crippen LogP contribution in [0.2, 0.25) is 10.0 Å². The number of hydrogen-bond donors (Lipinski definition) is 3. The Labute approximate surface area is 169 Å². The number of carbonyl (C=O) groups excluding carboxylic acids is 1. The van der Waals surface area contributed by atoms with E-state index in [1.54, 1.807) is 18.3 Å². The monoisotopic (exact) mass is 419 g/mol. The van der Waals surface area contributed by atoms with Gasteiger partial charge in [0.2, 0.25) is 0 Å². The molecule has 2 aromatic carbocycles. The number of carbonyl (C=O) groups is 1. The zero-order valence-corrected chi connectivity index (χ0v) is 16.1. The van der Waals surface area contributed by atoms with Crippen LogP contribution < -0.4 is 5.32 Å². The van der Waals surface area contributed by atoms with Crippen LogP contribution in [0.1, 0.15) is 28.8 Å². The number of aromatic amines is 1. The third-order valence-corrected chi connectivity index (χ3v) is 6.36. The van der Waals surface area contributed by atoms with Gasteiger partial charge in [-0.1, -0.05) is 23.2 Å². The Kier molecular flexibility index (Phi) is 3.95. The fraction of sp³-hybridized carbons (Fsp3) is 0.300. The van der Waals surface area contributed by atoms with E-state index in [0.717, 1.165) is 28.6 Å². The van der Waals surface area contributed by atoms with Crippen LogP contribution >= 0.6 is 23.2 Å². The highest BCUT2D eigenvalue weighted by atomic mass is 35.5. The van der Waals surface area contributed by atoms with Gasteiger partial charge in [-0.2, -0.15) is 5.10 Å². The predicted molar refractivity (Wildman–Crippen MR) is 104 cm³/mol. The zero-order chi connectivity index (χ0) is 19.6. The molecular formula is C20H16Cl2FN3O2. The van der Waals surface area contributed by atoms with E-state index in [1.807, 2.05) is 0 Å². The molecule has 2 unspecified atom stereocenters. The van der Waals surface area contributed by atoms with Gasteiger partial charge in [-0.05, 0) is 60.6 Å². The van der Waals surface area contributed by atoms with Gasteiger partial charge in [0.15, 0.2) is 0 Å². The molecule has 0 aliphatic heterocycles. The Balaban J connectivity index is 1.32. The zero-order valence-electron chi connectivity index (χ0n) is 14.5. The van der Waals surface area contributed by atoms with Crippen molar-refractivity contribution in [3.63, 3.8) is 0 Å². The first-order chi connectivity index (χ1) is 13.3. The van der Waals surface area contributed by atoms with E-state index >= 15 is 0 Å². The SMILES string of the molecule is O=C(NC1C2CC(O)(c3cc(Cl)cc4[nH]ncc34)CC21)c1cc(F)cc(Cl)c1. The maximum atomic E-state index is 13.5. The standard InChI is InChI=1S/C20H16Cl2FN3O2/c21-10-1-9(2-12(23)3-10)19(27)25-18-13-6-20(28,7-14(13)18)16-4-11(22)5-17-15(16)8-24-26-17/h1-5,8,13-14,18,28H,6-7H2,(H,24,26)(H,25,27). The average Bonchev–Trinajstić information content (AvgIpc) is 3.00. The first-order valence-corrected chi connectivity index (χ1v) is 9.72. The van der Waals surface area contributed by atoms with Crippen LogP contribution in [-0.4, -0.2) is 27.3 Å². The number of rotatable bonds is 3. The molecule has 0 spiro atoms. The van der Waals surface area contributed by atoms with Crippen LogP contribution in [0.3, 0.4) is 0 Å². The van der Waals surface area contributed by atoms with Crippen molar-refractivity contribution < 1.29 is 14.3 Å². The molecule has 1 aromatic heterocycles. The van der Waals surface area contributed by atoms with E-state index in [9.17, 15) is 14.3 Å². The van der Waals surface area contributed by atoms with Crippen LogP contribution in [-0.2, 0) is 5.60 Å². The third-order valence-electron chi connectivity index (χ3n) is 5.93. The number of H-pyrrole nitrogens is 1. The number of benzene rings is 2. The van der Waals surface area contributed by atoms with E-state index in [1.165, 1.54) is 6.07 Å². The number of nitrogens with one attached hydrogen (secondary N) is 2. The van der Waals surface area contributed by atoms with Crippen molar-refractivity contribution >= 4 is 40.0 Å². The average molecular weight is 420 g/mol. The van der Waals surface area contributed by atoms with Crippen molar-refractivity contribution in [1.29, 1.82) is 0 Å². The van der Waals surface area contributed by atoms with Crippen LogP contribution in [0.25, 0.3) is 10.9 Å². The molecule has 0 saturated heterocycles. The number of amides is 1. The van der Waals surface area contributed by atoms with Gasteiger partial charge in [-0.25, -0.2) is 4.39 Å². The normalized spacial score (nSPS) is 28.4. The summed E-state index contributed by atoms with van der Waals surface area (Å²) in [6, 6.07) is 7.29. The quantitative estimate of drug-likeness (QED) is 0.599. The second-order valence-corrected chi connectivity index (χ2v) is 8.58. The summed E-state index contributed by atoms with van der Waals surface area (Å²) < 4.78 is 13.5. The largest absolute Gasteiger partial charge is 0.385 e. The molecule has 2 atom stereocenters. The lowest BCUT2D eigenvalue weighted by Gasteiger charge is -2.27. The van der Waals surface area contributed by atoms with Gasteiger partial charge in [0, 0.05) is 27.0 Å². The minimum absolute atomic E-state index is 0.0335. The lowest BCUT2D eigenvalue weighted by atomic mass is 9.86. The first-order valence-electron chi connectivity index (χ1n) is 8.96. The van der Waals surface area contributed by atoms with Crippen LogP contribution in [0.4, 0.5) is 4.39 Å². The molecule has 144 valence electrons. The summed E-state index contributed by atoms with van der Waals surface area (Å²) in [4.78, 5) is 12.4. The number of nitrogens with zero attached hydrogens (tertiary/aromatic N) is 1. The second-order valence-electron chi connectivity index (χ2n) is 7.71. The molecule has 5 rings (SSSR count). The van der Waals surface area contributed by atoms with Crippen molar-refractivity contribution in [2.75, 3.05) is 0 Å². The van der Waals surface area contributed by atoms with E-state index in [2.05, 4.69) is 15.5 Å². The number of aromatic nitrogens is 2. The number of hydrogen-bond acceptors (Lipinski definition) is 3. The van der Waals surface area contributed by atoms with E-state index in [-0.39, 0.29) is 34.4 Å². The molecule has 8 heteroatoms. The second kappa shape index (κ2) is 6.17. The van der Waals surface area contributed by atoms with Crippen LogP contribution in [0.15, 0.2) is 36.5 Å². The van der Waals surface area contributed by atoms with Gasteiger partial charge in [0.1, 0.15) is 5.82 Å². The van der Waals surface area contributed by atoms with Crippen molar-refractivity contribution in [2.45, 2.75) is 24.5 Å². The predicted octanol–water partition coefficient (Wildman–Crippen LogP) is 4.03. The Morgan fingerprint density at radius 3 is 2.61 bits per heavy atom. The van der Waals surface area contributed by atoms with Gasteiger partial charge in [0.25, 0.3) is 5.91 Å². The third kappa shape index (κ3) is 2.87. The highest BCUT2D eigenvalue weighted by Gasteiger charge is 2.62. The van der Waals surface area contributed by atoms with Gasteiger partial charge < -0.3 is 10.4 Å². The molecule has 2 aliphatic carbocycles. The molecule has 2 saturated carbocycles. The molecule has 3 N–H and O–H groups in total. The molecule has 3 aromatic rings. The Morgan fingerprint density at radius 1 is 1.18 bits per heavy atom. The fourth-order valence-corrected chi connectivity index (χ4v) is 5.06. The van der Waals surface area contributed by atoms with Gasteiger partial charge in [-0.3, -0.25) is 9.89 Å². The van der Waals surface area contributed by atoms with E-state index in [4.69, 9.17) is 23.2 Å². The summed E-state index contributed by atoms with van der Waals surface area (Å²) in [5, 5.41) is 22.7. The lowest BCUT2D eigenvalue weighted by molar-refractivity contribution is 0.0293. The molecule has 1 amide bonds. The minimum Gasteiger partial charge on any atom is -0.385 e. The number of aliphatic hydroxyl groups is 1. The van der Waals surface area contributed by atoms with Crippen molar-refractivity contribution in [2.24, 2.45) is 11.8 Å². The number of fused-ring (bicyclic) bond motifs is 2. The number of halogens is 3. The first kappa shape index (κ1) is 17.9. The highest BCUT2D eigenvalue weighted by molar-refractivity contribution is 6.31. The Bertz CT molecular complexity index is 1080. The van der Waals surface area contributed by atoms with Gasteiger partial charge in [0.05, 0.1) is 17.3 Å².